The predicted molar refractivity (Wildman–Crippen MR) is 83.8 cm³/mol. The molecule has 1 heterocycles. The lowest BCUT2D eigenvalue weighted by molar-refractivity contribution is -0.147. The highest BCUT2D eigenvalue weighted by molar-refractivity contribution is 9.10. The summed E-state index contributed by atoms with van der Waals surface area (Å²) in [4.78, 5) is 25.9. The minimum Gasteiger partial charge on any atom is -0.481 e. The topological polar surface area (TPSA) is 57.6 Å². The minimum atomic E-state index is -0.837. The molecule has 2 rings (SSSR count). The van der Waals surface area contributed by atoms with Crippen molar-refractivity contribution in [1.82, 2.24) is 4.90 Å². The zero-order chi connectivity index (χ0) is 15.6. The van der Waals surface area contributed by atoms with Gasteiger partial charge in [0.1, 0.15) is 0 Å². The molecule has 1 aliphatic heterocycles. The predicted octanol–water partition coefficient (Wildman–Crippen LogP) is 3.61. The minimum absolute atomic E-state index is 0.0328. The van der Waals surface area contributed by atoms with Gasteiger partial charge >= 0.3 is 5.97 Å². The number of carboxylic acid groups (broad SMARTS) is 1. The number of carboxylic acids is 1. The number of amides is 1. The van der Waals surface area contributed by atoms with Crippen LogP contribution in [0.3, 0.4) is 0 Å². The number of carbonyl (C=O) groups excluding carboxylic acids is 1. The van der Waals surface area contributed by atoms with Gasteiger partial charge in [0.05, 0.1) is 12.0 Å². The van der Waals surface area contributed by atoms with Gasteiger partial charge in [-0.05, 0) is 38.3 Å². The first kappa shape index (κ1) is 16.0. The second-order valence-electron chi connectivity index (χ2n) is 5.70. The van der Waals surface area contributed by atoms with E-state index in [1.165, 1.54) is 0 Å². The number of hydrogen-bond acceptors (Lipinski definition) is 2. The Hall–Kier alpha value is -1.36. The highest BCUT2D eigenvalue weighted by Gasteiger charge is 2.40. The van der Waals surface area contributed by atoms with Crippen molar-refractivity contribution < 1.29 is 14.7 Å². The SMILES string of the molecule is CC(C)N1C(=O)CCCC(C(=O)O)C1c1ccccc1Br. The number of carbonyl (C=O) groups is 2. The quantitative estimate of drug-likeness (QED) is 0.902. The largest absolute Gasteiger partial charge is 0.481 e. The van der Waals surface area contributed by atoms with E-state index in [4.69, 9.17) is 0 Å². The summed E-state index contributed by atoms with van der Waals surface area (Å²) in [5.74, 6) is -1.37. The van der Waals surface area contributed by atoms with E-state index in [0.717, 1.165) is 10.0 Å². The number of aliphatic carboxylic acids is 1. The molecule has 1 aromatic carbocycles. The van der Waals surface area contributed by atoms with E-state index < -0.39 is 17.9 Å². The highest BCUT2D eigenvalue weighted by Crippen LogP contribution is 2.39. The fraction of sp³-hybridized carbons (Fsp3) is 0.500. The summed E-state index contributed by atoms with van der Waals surface area (Å²) >= 11 is 3.50. The third-order valence-corrected chi connectivity index (χ3v) is 4.69. The Morgan fingerprint density at radius 2 is 2.05 bits per heavy atom. The van der Waals surface area contributed by atoms with Gasteiger partial charge < -0.3 is 10.0 Å². The Kier molecular flexibility index (Phi) is 5.04. The fourth-order valence-electron chi connectivity index (χ4n) is 3.06. The van der Waals surface area contributed by atoms with Crippen LogP contribution in [-0.2, 0) is 9.59 Å². The molecule has 2 atom stereocenters. The molecule has 1 fully saturated rings. The molecule has 2 unspecified atom stereocenters. The molecule has 0 radical (unpaired) electrons. The molecule has 1 N–H and O–H groups in total. The number of benzene rings is 1. The van der Waals surface area contributed by atoms with Crippen LogP contribution < -0.4 is 0 Å². The second kappa shape index (κ2) is 6.60. The molecule has 4 nitrogen and oxygen atoms in total. The Morgan fingerprint density at radius 3 is 2.62 bits per heavy atom. The summed E-state index contributed by atoms with van der Waals surface area (Å²) in [6.07, 6.45) is 1.57. The maximum atomic E-state index is 12.4. The molecule has 0 saturated carbocycles. The number of likely N-dealkylation sites (tertiary alicyclic amines) is 1. The molecule has 0 bridgehead atoms. The average Bonchev–Trinajstić information content (AvgIpc) is 2.58. The number of halogens is 1. The van der Waals surface area contributed by atoms with Gasteiger partial charge in [-0.1, -0.05) is 34.1 Å². The second-order valence-corrected chi connectivity index (χ2v) is 6.55. The zero-order valence-corrected chi connectivity index (χ0v) is 13.8. The van der Waals surface area contributed by atoms with Crippen molar-refractivity contribution in [1.29, 1.82) is 0 Å². The summed E-state index contributed by atoms with van der Waals surface area (Å²) in [5.41, 5.74) is 0.869. The monoisotopic (exact) mass is 353 g/mol. The molecule has 1 amide bonds. The first-order valence-electron chi connectivity index (χ1n) is 7.22. The van der Waals surface area contributed by atoms with E-state index >= 15 is 0 Å². The van der Waals surface area contributed by atoms with Crippen molar-refractivity contribution in [2.45, 2.75) is 45.2 Å². The summed E-state index contributed by atoms with van der Waals surface area (Å²) in [6, 6.07) is 7.11. The fourth-order valence-corrected chi connectivity index (χ4v) is 3.58. The molecule has 0 aliphatic carbocycles. The van der Waals surface area contributed by atoms with Gasteiger partial charge in [0.15, 0.2) is 0 Å². The van der Waals surface area contributed by atoms with Gasteiger partial charge in [0.25, 0.3) is 0 Å². The van der Waals surface area contributed by atoms with Gasteiger partial charge in [0.2, 0.25) is 5.91 Å². The van der Waals surface area contributed by atoms with E-state index in [0.29, 0.717) is 19.3 Å². The maximum absolute atomic E-state index is 12.4. The maximum Gasteiger partial charge on any atom is 0.308 e. The Balaban J connectivity index is 2.56. The van der Waals surface area contributed by atoms with Gasteiger partial charge in [0, 0.05) is 16.9 Å². The van der Waals surface area contributed by atoms with Crippen LogP contribution in [-0.4, -0.2) is 27.9 Å². The molecule has 0 spiro atoms. The first-order chi connectivity index (χ1) is 9.93. The highest BCUT2D eigenvalue weighted by atomic mass is 79.9. The van der Waals surface area contributed by atoms with Crippen LogP contribution in [0.5, 0.6) is 0 Å². The molecule has 0 aromatic heterocycles. The smallest absolute Gasteiger partial charge is 0.308 e. The summed E-state index contributed by atoms with van der Waals surface area (Å²) in [5, 5.41) is 9.62. The van der Waals surface area contributed by atoms with Crippen LogP contribution in [0.1, 0.15) is 44.7 Å². The van der Waals surface area contributed by atoms with Gasteiger partial charge in [-0.25, -0.2) is 0 Å². The van der Waals surface area contributed by atoms with Crippen molar-refractivity contribution in [2.75, 3.05) is 0 Å². The van der Waals surface area contributed by atoms with Crippen LogP contribution in [0.15, 0.2) is 28.7 Å². The Morgan fingerprint density at radius 1 is 1.38 bits per heavy atom. The van der Waals surface area contributed by atoms with E-state index in [1.54, 1.807) is 4.90 Å². The Bertz CT molecular complexity index is 544. The normalized spacial score (nSPS) is 23.2. The van der Waals surface area contributed by atoms with Crippen molar-refractivity contribution in [3.05, 3.63) is 34.3 Å². The van der Waals surface area contributed by atoms with Crippen LogP contribution in [0, 0.1) is 5.92 Å². The molecule has 1 aliphatic rings. The van der Waals surface area contributed by atoms with E-state index in [2.05, 4.69) is 15.9 Å². The first-order valence-corrected chi connectivity index (χ1v) is 8.01. The lowest BCUT2D eigenvalue weighted by Gasteiger charge is -2.37. The number of nitrogens with zero attached hydrogens (tertiary/aromatic N) is 1. The van der Waals surface area contributed by atoms with Crippen molar-refractivity contribution >= 4 is 27.8 Å². The third-order valence-electron chi connectivity index (χ3n) is 3.97. The van der Waals surface area contributed by atoms with Gasteiger partial charge in [-0.2, -0.15) is 0 Å². The van der Waals surface area contributed by atoms with Gasteiger partial charge in [-0.3, -0.25) is 9.59 Å². The summed E-state index contributed by atoms with van der Waals surface area (Å²) in [7, 11) is 0. The van der Waals surface area contributed by atoms with Crippen molar-refractivity contribution in [3.8, 4) is 0 Å². The molecule has 114 valence electrons. The lowest BCUT2D eigenvalue weighted by Crippen LogP contribution is -2.43. The lowest BCUT2D eigenvalue weighted by atomic mass is 9.88. The molecule has 1 aromatic rings. The zero-order valence-electron chi connectivity index (χ0n) is 12.3. The van der Waals surface area contributed by atoms with E-state index in [1.807, 2.05) is 38.1 Å². The number of hydrogen-bond donors (Lipinski definition) is 1. The standard InChI is InChI=1S/C16H20BrNO3/c1-10(2)18-14(19)9-5-7-12(16(20)21)15(18)11-6-3-4-8-13(11)17/h3-4,6,8,10,12,15H,5,7,9H2,1-2H3,(H,20,21). The van der Waals surface area contributed by atoms with Crippen molar-refractivity contribution in [2.24, 2.45) is 5.92 Å². The van der Waals surface area contributed by atoms with Crippen LogP contribution >= 0.6 is 15.9 Å². The molecule has 21 heavy (non-hydrogen) atoms. The van der Waals surface area contributed by atoms with Crippen LogP contribution in [0.4, 0.5) is 0 Å². The molecular formula is C16H20BrNO3. The average molecular weight is 354 g/mol. The molecular weight excluding hydrogens is 334 g/mol. The summed E-state index contributed by atoms with van der Waals surface area (Å²) < 4.78 is 0.849. The van der Waals surface area contributed by atoms with Crippen LogP contribution in [0.25, 0.3) is 0 Å². The van der Waals surface area contributed by atoms with Crippen molar-refractivity contribution in [3.63, 3.8) is 0 Å². The number of rotatable bonds is 3. The van der Waals surface area contributed by atoms with Crippen LogP contribution in [0.2, 0.25) is 0 Å². The molecule has 5 heteroatoms. The molecule has 1 saturated heterocycles. The third kappa shape index (κ3) is 3.28. The summed E-state index contributed by atoms with van der Waals surface area (Å²) in [6.45, 7) is 3.87. The van der Waals surface area contributed by atoms with E-state index in [9.17, 15) is 14.7 Å². The van der Waals surface area contributed by atoms with E-state index in [-0.39, 0.29) is 11.9 Å². The Labute approximate surface area is 133 Å². The van der Waals surface area contributed by atoms with Gasteiger partial charge in [-0.15, -0.1) is 0 Å².